The zero-order valence-corrected chi connectivity index (χ0v) is 19.0. The summed E-state index contributed by atoms with van der Waals surface area (Å²) in [6, 6.07) is 19.5. The van der Waals surface area contributed by atoms with Gasteiger partial charge in [0.2, 0.25) is 0 Å². The standard InChI is InChI=1S/C28H21F3O4/c1-3-34-21-12-13-22(25(29)16-21)17-6-10-20(11-7-17)35-28(32)24-15-14-23(26(30)27(24)31)18-4-8-19(33-2)9-5-18/h4-16H,3H2,1-2H3. The van der Waals surface area contributed by atoms with Crippen molar-refractivity contribution in [2.75, 3.05) is 13.7 Å². The van der Waals surface area contributed by atoms with E-state index in [9.17, 15) is 18.0 Å². The van der Waals surface area contributed by atoms with Crippen molar-refractivity contribution in [2.45, 2.75) is 6.92 Å². The normalized spacial score (nSPS) is 10.7. The number of esters is 1. The van der Waals surface area contributed by atoms with E-state index in [1.54, 1.807) is 55.5 Å². The van der Waals surface area contributed by atoms with Gasteiger partial charge in [0.05, 0.1) is 19.3 Å². The Morgan fingerprint density at radius 1 is 0.714 bits per heavy atom. The monoisotopic (exact) mass is 478 g/mol. The molecule has 4 nitrogen and oxygen atoms in total. The van der Waals surface area contributed by atoms with E-state index in [-0.39, 0.29) is 11.3 Å². The Kier molecular flexibility index (Phi) is 7.06. The van der Waals surface area contributed by atoms with Crippen LogP contribution in [-0.2, 0) is 0 Å². The lowest BCUT2D eigenvalue weighted by Gasteiger charge is -2.10. The minimum absolute atomic E-state index is 0.00318. The van der Waals surface area contributed by atoms with Crippen LogP contribution in [0.3, 0.4) is 0 Å². The van der Waals surface area contributed by atoms with Crippen LogP contribution in [0.15, 0.2) is 78.9 Å². The Bertz CT molecular complexity index is 1350. The molecule has 4 rings (SSSR count). The summed E-state index contributed by atoms with van der Waals surface area (Å²) in [4.78, 5) is 12.5. The highest BCUT2D eigenvalue weighted by molar-refractivity contribution is 5.92. The van der Waals surface area contributed by atoms with Gasteiger partial charge in [-0.15, -0.1) is 0 Å². The van der Waals surface area contributed by atoms with E-state index in [0.717, 1.165) is 0 Å². The van der Waals surface area contributed by atoms with Crippen LogP contribution in [0.4, 0.5) is 13.2 Å². The first-order valence-electron chi connectivity index (χ1n) is 10.8. The molecule has 0 saturated heterocycles. The molecule has 7 heteroatoms. The van der Waals surface area contributed by atoms with Crippen LogP contribution in [0.25, 0.3) is 22.3 Å². The van der Waals surface area contributed by atoms with Crippen LogP contribution in [0, 0.1) is 17.5 Å². The second-order valence-corrected chi connectivity index (χ2v) is 7.51. The molecule has 4 aromatic carbocycles. The molecule has 35 heavy (non-hydrogen) atoms. The summed E-state index contributed by atoms with van der Waals surface area (Å²) in [6.45, 7) is 2.23. The number of hydrogen-bond donors (Lipinski definition) is 0. The zero-order valence-electron chi connectivity index (χ0n) is 19.0. The molecule has 0 aliphatic carbocycles. The smallest absolute Gasteiger partial charge is 0.346 e. The van der Waals surface area contributed by atoms with E-state index in [2.05, 4.69) is 0 Å². The topological polar surface area (TPSA) is 44.8 Å². The maximum Gasteiger partial charge on any atom is 0.346 e. The Labute approximate surface area is 200 Å². The highest BCUT2D eigenvalue weighted by atomic mass is 19.2. The Morgan fingerprint density at radius 3 is 1.89 bits per heavy atom. The third-order valence-electron chi connectivity index (χ3n) is 5.33. The average molecular weight is 478 g/mol. The molecule has 4 aromatic rings. The summed E-state index contributed by atoms with van der Waals surface area (Å²) in [7, 11) is 1.50. The third-order valence-corrected chi connectivity index (χ3v) is 5.33. The van der Waals surface area contributed by atoms with E-state index in [0.29, 0.717) is 34.8 Å². The number of rotatable bonds is 7. The van der Waals surface area contributed by atoms with Gasteiger partial charge < -0.3 is 14.2 Å². The number of methoxy groups -OCH3 is 1. The minimum atomic E-state index is -1.31. The van der Waals surface area contributed by atoms with Crippen LogP contribution in [-0.4, -0.2) is 19.7 Å². The summed E-state index contributed by atoms with van der Waals surface area (Å²) in [6.07, 6.45) is 0. The third kappa shape index (κ3) is 5.14. The second kappa shape index (κ2) is 10.3. The number of hydrogen-bond acceptors (Lipinski definition) is 4. The molecule has 0 aromatic heterocycles. The van der Waals surface area contributed by atoms with Gasteiger partial charge in [0.1, 0.15) is 23.1 Å². The van der Waals surface area contributed by atoms with Gasteiger partial charge in [0.15, 0.2) is 11.6 Å². The maximum absolute atomic E-state index is 14.7. The second-order valence-electron chi connectivity index (χ2n) is 7.51. The number of halogens is 3. The summed E-state index contributed by atoms with van der Waals surface area (Å²) >= 11 is 0. The van der Waals surface area contributed by atoms with Crippen LogP contribution in [0.2, 0.25) is 0 Å². The van der Waals surface area contributed by atoms with Crippen LogP contribution in [0.5, 0.6) is 17.2 Å². The van der Waals surface area contributed by atoms with Crippen molar-refractivity contribution >= 4 is 5.97 Å². The molecule has 0 heterocycles. The fraction of sp³-hybridized carbons (Fsp3) is 0.107. The molecular weight excluding hydrogens is 457 g/mol. The highest BCUT2D eigenvalue weighted by Gasteiger charge is 2.21. The predicted octanol–water partition coefficient (Wildman–Crippen LogP) is 7.06. The van der Waals surface area contributed by atoms with Crippen molar-refractivity contribution in [2.24, 2.45) is 0 Å². The predicted molar refractivity (Wildman–Crippen MR) is 126 cm³/mol. The molecule has 0 bridgehead atoms. The van der Waals surface area contributed by atoms with Gasteiger partial charge in [-0.05, 0) is 60.5 Å². The molecule has 0 saturated carbocycles. The van der Waals surface area contributed by atoms with Crippen molar-refractivity contribution in [3.05, 3.63) is 102 Å². The van der Waals surface area contributed by atoms with E-state index >= 15 is 0 Å². The number of carbonyl (C=O) groups is 1. The maximum atomic E-state index is 14.7. The van der Waals surface area contributed by atoms with Gasteiger partial charge in [-0.3, -0.25) is 0 Å². The lowest BCUT2D eigenvalue weighted by Crippen LogP contribution is -2.12. The molecule has 178 valence electrons. The summed E-state index contributed by atoms with van der Waals surface area (Å²) in [5, 5.41) is 0. The van der Waals surface area contributed by atoms with E-state index in [1.165, 1.54) is 37.4 Å². The Balaban J connectivity index is 1.51. The fourth-order valence-corrected chi connectivity index (χ4v) is 3.55. The van der Waals surface area contributed by atoms with Gasteiger partial charge in [-0.25, -0.2) is 18.0 Å². The fourth-order valence-electron chi connectivity index (χ4n) is 3.55. The zero-order chi connectivity index (χ0) is 24.9. The minimum Gasteiger partial charge on any atom is -0.497 e. The Hall–Kier alpha value is -4.26. The largest absolute Gasteiger partial charge is 0.497 e. The van der Waals surface area contributed by atoms with Crippen molar-refractivity contribution in [1.29, 1.82) is 0 Å². The van der Waals surface area contributed by atoms with Gasteiger partial charge in [0, 0.05) is 17.2 Å². The lowest BCUT2D eigenvalue weighted by molar-refractivity contribution is 0.0728. The molecule has 0 radical (unpaired) electrons. The first kappa shape index (κ1) is 23.9. The number of benzene rings is 4. The lowest BCUT2D eigenvalue weighted by atomic mass is 10.0. The van der Waals surface area contributed by atoms with Gasteiger partial charge in [-0.1, -0.05) is 30.3 Å². The molecule has 0 fully saturated rings. The van der Waals surface area contributed by atoms with Crippen LogP contribution in [0.1, 0.15) is 17.3 Å². The van der Waals surface area contributed by atoms with Crippen LogP contribution >= 0.6 is 0 Å². The van der Waals surface area contributed by atoms with Crippen molar-refractivity contribution in [3.63, 3.8) is 0 Å². The van der Waals surface area contributed by atoms with Crippen molar-refractivity contribution in [3.8, 4) is 39.5 Å². The van der Waals surface area contributed by atoms with Crippen LogP contribution < -0.4 is 14.2 Å². The Morgan fingerprint density at radius 2 is 1.29 bits per heavy atom. The van der Waals surface area contributed by atoms with E-state index in [1.807, 2.05) is 0 Å². The quantitative estimate of drug-likeness (QED) is 0.211. The van der Waals surface area contributed by atoms with Gasteiger partial charge in [0.25, 0.3) is 0 Å². The molecule has 0 aliphatic rings. The summed E-state index contributed by atoms with van der Waals surface area (Å²) in [5.41, 5.74) is 0.782. The molecule has 0 unspecified atom stereocenters. The summed E-state index contributed by atoms with van der Waals surface area (Å²) < 4.78 is 59.4. The molecule has 0 aliphatic heterocycles. The summed E-state index contributed by atoms with van der Waals surface area (Å²) in [5.74, 6) is -2.89. The molecule has 0 N–H and O–H groups in total. The number of ether oxygens (including phenoxy) is 3. The van der Waals surface area contributed by atoms with Crippen molar-refractivity contribution in [1.82, 2.24) is 0 Å². The molecule has 0 amide bonds. The van der Waals surface area contributed by atoms with Gasteiger partial charge >= 0.3 is 5.97 Å². The number of carbonyl (C=O) groups excluding carboxylic acids is 1. The molecular formula is C28H21F3O4. The molecule has 0 spiro atoms. The van der Waals surface area contributed by atoms with E-state index in [4.69, 9.17) is 14.2 Å². The van der Waals surface area contributed by atoms with Gasteiger partial charge in [-0.2, -0.15) is 0 Å². The average Bonchev–Trinajstić information content (AvgIpc) is 2.87. The SMILES string of the molecule is CCOc1ccc(-c2ccc(OC(=O)c3ccc(-c4ccc(OC)cc4)c(F)c3F)cc2)c(F)c1. The first-order chi connectivity index (χ1) is 16.9. The van der Waals surface area contributed by atoms with E-state index < -0.39 is 29.0 Å². The van der Waals surface area contributed by atoms with Crippen molar-refractivity contribution < 1.29 is 32.2 Å². The first-order valence-corrected chi connectivity index (χ1v) is 10.8. The molecule has 0 atom stereocenters. The highest BCUT2D eigenvalue weighted by Crippen LogP contribution is 2.30.